The number of hydrogen-bond acceptors (Lipinski definition) is 0. The van der Waals surface area contributed by atoms with Crippen LogP contribution in [0, 0.1) is 6.26 Å². The average molecular weight is 76.2 g/mol. The van der Waals surface area contributed by atoms with Gasteiger partial charge in [0.2, 0.25) is 0 Å². The normalized spacial score (nSPS) is 9.00. The molecule has 0 atom stereocenters. The predicted molar refractivity (Wildman–Crippen MR) is 24.6 cm³/mol. The second-order valence-corrected chi connectivity index (χ2v) is 2.96. The van der Waals surface area contributed by atoms with Gasteiger partial charge in [0, 0.05) is 0 Å². The minimum absolute atomic E-state index is 0.389. The Balaban J connectivity index is 2.32. The molecule has 0 saturated carbocycles. The summed E-state index contributed by atoms with van der Waals surface area (Å²) in [5, 5.41) is 0. The maximum absolute atomic E-state index is 3.67. The Morgan fingerprint density at radius 3 is 1.50 bits per heavy atom. The van der Waals surface area contributed by atoms with E-state index in [9.17, 15) is 0 Å². The van der Waals surface area contributed by atoms with Crippen LogP contribution in [0.25, 0.3) is 0 Å². The SMILES string of the molecule is [CH2][S+](C)C. The van der Waals surface area contributed by atoms with Gasteiger partial charge in [-0.15, -0.1) is 0 Å². The second kappa shape index (κ2) is 1.65. The Morgan fingerprint density at radius 1 is 1.50 bits per heavy atom. The van der Waals surface area contributed by atoms with Crippen LogP contribution in [0.2, 0.25) is 0 Å². The highest BCUT2D eigenvalue weighted by Crippen LogP contribution is 1.68. The fraction of sp³-hybridized carbons (Fsp3) is 0.667. The van der Waals surface area contributed by atoms with E-state index in [2.05, 4.69) is 18.8 Å². The molecule has 0 bridgehead atoms. The van der Waals surface area contributed by atoms with Gasteiger partial charge in [0.15, 0.2) is 6.26 Å². The van der Waals surface area contributed by atoms with Gasteiger partial charge in [-0.05, 0) is 10.9 Å². The first kappa shape index (κ1) is 4.35. The van der Waals surface area contributed by atoms with Crippen molar-refractivity contribution in [1.82, 2.24) is 0 Å². The van der Waals surface area contributed by atoms with E-state index in [1.165, 1.54) is 0 Å². The van der Waals surface area contributed by atoms with Crippen molar-refractivity contribution < 1.29 is 0 Å². The molecular formula is C3H8S+. The van der Waals surface area contributed by atoms with Crippen LogP contribution >= 0.6 is 0 Å². The van der Waals surface area contributed by atoms with Crippen molar-refractivity contribution in [3.8, 4) is 0 Å². The molecule has 0 nitrogen and oxygen atoms in total. The summed E-state index contributed by atoms with van der Waals surface area (Å²) in [4.78, 5) is 0. The Morgan fingerprint density at radius 2 is 1.50 bits per heavy atom. The zero-order chi connectivity index (χ0) is 3.58. The number of rotatable bonds is 0. The number of hydrogen-bond donors (Lipinski definition) is 0. The molecule has 25 valence electrons. The van der Waals surface area contributed by atoms with Crippen molar-refractivity contribution in [3.05, 3.63) is 6.26 Å². The lowest BCUT2D eigenvalue weighted by Gasteiger charge is -1.68. The van der Waals surface area contributed by atoms with Gasteiger partial charge in [0.1, 0.15) is 0 Å². The van der Waals surface area contributed by atoms with Crippen LogP contribution in [-0.4, -0.2) is 12.5 Å². The van der Waals surface area contributed by atoms with Gasteiger partial charge in [0.05, 0.1) is 12.5 Å². The highest BCUT2D eigenvalue weighted by molar-refractivity contribution is 7.96. The summed E-state index contributed by atoms with van der Waals surface area (Å²) in [5.74, 6) is 0. The molecule has 0 aromatic rings. The molecule has 0 fully saturated rings. The Bertz CT molecular complexity index is 8.00. The van der Waals surface area contributed by atoms with Crippen LogP contribution < -0.4 is 0 Å². The smallest absolute Gasteiger partial charge is 0.0139 e. The zero-order valence-electron chi connectivity index (χ0n) is 3.12. The van der Waals surface area contributed by atoms with Crippen LogP contribution in [-0.2, 0) is 10.9 Å². The van der Waals surface area contributed by atoms with E-state index >= 15 is 0 Å². The Labute approximate surface area is 30.6 Å². The predicted octanol–water partition coefficient (Wildman–Crippen LogP) is 0.656. The maximum Gasteiger partial charge on any atom is 0.151 e. The van der Waals surface area contributed by atoms with Gasteiger partial charge in [-0.2, -0.15) is 0 Å². The standard InChI is InChI=1S/C3H8S/c1-4(2)3/h1H2,2-3H3/q+1. The average Bonchev–Trinajstić information content (AvgIpc) is 0.811. The van der Waals surface area contributed by atoms with E-state index in [4.69, 9.17) is 0 Å². The third-order valence-corrected chi connectivity index (χ3v) is 0. The van der Waals surface area contributed by atoms with Crippen molar-refractivity contribution in [2.24, 2.45) is 0 Å². The van der Waals surface area contributed by atoms with Crippen molar-refractivity contribution in [2.45, 2.75) is 0 Å². The first-order chi connectivity index (χ1) is 1.73. The minimum Gasteiger partial charge on any atom is -0.0139 e. The van der Waals surface area contributed by atoms with Gasteiger partial charge < -0.3 is 0 Å². The molecule has 0 aliphatic heterocycles. The summed E-state index contributed by atoms with van der Waals surface area (Å²) in [6, 6.07) is 0. The maximum atomic E-state index is 3.67. The molecular weight excluding hydrogens is 68.1 g/mol. The summed E-state index contributed by atoms with van der Waals surface area (Å²) >= 11 is 0. The summed E-state index contributed by atoms with van der Waals surface area (Å²) in [5.41, 5.74) is 0. The first-order valence-electron chi connectivity index (χ1n) is 1.11. The molecule has 0 aliphatic rings. The molecule has 1 heteroatoms. The molecule has 1 radical (unpaired) electrons. The van der Waals surface area contributed by atoms with E-state index in [-0.39, 0.29) is 0 Å². The molecule has 0 amide bonds. The first-order valence-corrected chi connectivity index (χ1v) is 3.32. The molecule has 0 rings (SSSR count). The summed E-state index contributed by atoms with van der Waals surface area (Å²) < 4.78 is 0. The third-order valence-electron chi connectivity index (χ3n) is 0. The molecule has 0 heterocycles. The van der Waals surface area contributed by atoms with Gasteiger partial charge in [-0.1, -0.05) is 0 Å². The molecule has 0 spiro atoms. The van der Waals surface area contributed by atoms with Crippen LogP contribution in [0.5, 0.6) is 0 Å². The summed E-state index contributed by atoms with van der Waals surface area (Å²) in [7, 11) is 0.389. The van der Waals surface area contributed by atoms with E-state index in [1.54, 1.807) is 0 Å². The Hall–Kier alpha value is 0.350. The monoisotopic (exact) mass is 76.0 g/mol. The van der Waals surface area contributed by atoms with Crippen LogP contribution in [0.3, 0.4) is 0 Å². The molecule has 0 saturated heterocycles. The van der Waals surface area contributed by atoms with Crippen molar-refractivity contribution in [3.63, 3.8) is 0 Å². The molecule has 4 heavy (non-hydrogen) atoms. The second-order valence-electron chi connectivity index (χ2n) is 0.986. The topological polar surface area (TPSA) is 0 Å². The fourth-order valence-electron chi connectivity index (χ4n) is 0. The summed E-state index contributed by atoms with van der Waals surface area (Å²) in [6.07, 6.45) is 7.83. The lowest BCUT2D eigenvalue weighted by atomic mass is 11.9. The quantitative estimate of drug-likeness (QED) is 0.372. The molecule has 0 N–H and O–H groups in total. The highest BCUT2D eigenvalue weighted by Gasteiger charge is 1.79. The van der Waals surface area contributed by atoms with Crippen LogP contribution in [0.15, 0.2) is 0 Å². The van der Waals surface area contributed by atoms with E-state index in [1.807, 2.05) is 0 Å². The molecule has 0 aromatic heterocycles. The van der Waals surface area contributed by atoms with Crippen molar-refractivity contribution >= 4 is 10.9 Å². The van der Waals surface area contributed by atoms with Gasteiger partial charge in [-0.3, -0.25) is 0 Å². The Kier molecular flexibility index (Phi) is 1.79. The minimum atomic E-state index is 0.389. The van der Waals surface area contributed by atoms with Crippen LogP contribution in [0.4, 0.5) is 0 Å². The van der Waals surface area contributed by atoms with Gasteiger partial charge in [0.25, 0.3) is 0 Å². The lowest BCUT2D eigenvalue weighted by Crippen LogP contribution is -1.79. The molecule has 0 aromatic carbocycles. The fourth-order valence-corrected chi connectivity index (χ4v) is 0. The van der Waals surface area contributed by atoms with E-state index < -0.39 is 0 Å². The molecule has 0 aliphatic carbocycles. The highest BCUT2D eigenvalue weighted by atomic mass is 32.2. The lowest BCUT2D eigenvalue weighted by molar-refractivity contribution is 2.26. The zero-order valence-corrected chi connectivity index (χ0v) is 3.93. The van der Waals surface area contributed by atoms with Gasteiger partial charge in [-0.25, -0.2) is 0 Å². The van der Waals surface area contributed by atoms with Crippen molar-refractivity contribution in [1.29, 1.82) is 0 Å². The van der Waals surface area contributed by atoms with Crippen LogP contribution in [0.1, 0.15) is 0 Å². The van der Waals surface area contributed by atoms with E-state index in [0.29, 0.717) is 10.9 Å². The van der Waals surface area contributed by atoms with Crippen molar-refractivity contribution in [2.75, 3.05) is 12.5 Å². The largest absolute Gasteiger partial charge is 0.151 e. The van der Waals surface area contributed by atoms with E-state index in [0.717, 1.165) is 0 Å². The molecule has 0 unspecified atom stereocenters. The third kappa shape index (κ3) is 35.0. The summed E-state index contributed by atoms with van der Waals surface area (Å²) in [6.45, 7) is 0. The van der Waals surface area contributed by atoms with Gasteiger partial charge >= 0.3 is 0 Å².